The van der Waals surface area contributed by atoms with Crippen LogP contribution in [0.5, 0.6) is 0 Å². The first-order chi connectivity index (χ1) is 15.6. The first-order valence-corrected chi connectivity index (χ1v) is 10.5. The Morgan fingerprint density at radius 2 is 2.03 bits per heavy atom. The van der Waals surface area contributed by atoms with Gasteiger partial charge in [0, 0.05) is 19.3 Å². The van der Waals surface area contributed by atoms with Crippen LogP contribution in [0.2, 0.25) is 0 Å². The second-order valence-electron chi connectivity index (χ2n) is 7.81. The summed E-state index contributed by atoms with van der Waals surface area (Å²) < 4.78 is 19.0. The Hall–Kier alpha value is -3.36. The van der Waals surface area contributed by atoms with Crippen molar-refractivity contribution in [3.05, 3.63) is 84.1 Å². The second kappa shape index (κ2) is 10.3. The van der Waals surface area contributed by atoms with E-state index in [2.05, 4.69) is 15.3 Å². The van der Waals surface area contributed by atoms with E-state index < -0.39 is 0 Å². The molecule has 0 aliphatic carbocycles. The maximum absolute atomic E-state index is 13.1. The minimum absolute atomic E-state index is 0.0383. The summed E-state index contributed by atoms with van der Waals surface area (Å²) in [5.74, 6) is 0.523. The van der Waals surface area contributed by atoms with Crippen molar-refractivity contribution < 1.29 is 13.9 Å². The molecule has 3 heterocycles. The predicted molar refractivity (Wildman–Crippen MR) is 120 cm³/mol. The fraction of sp³-hybridized carbons (Fsp3) is 0.292. The standard InChI is InChI=1S/C24H26FN5O2/c1-29(15-18-5-7-19(25)8-6-18)17-24(31)30-12-13-32-22(16-30)21-10-9-20(14-27-21)28-23-4-2-3-11-26-23/h2-11,14,22H,12-13,15-17H2,1H3,(H,26,28). The van der Waals surface area contributed by atoms with Crippen LogP contribution in [0.1, 0.15) is 17.4 Å². The summed E-state index contributed by atoms with van der Waals surface area (Å²) >= 11 is 0. The highest BCUT2D eigenvalue weighted by atomic mass is 19.1. The van der Waals surface area contributed by atoms with Crippen molar-refractivity contribution in [2.75, 3.05) is 38.6 Å². The summed E-state index contributed by atoms with van der Waals surface area (Å²) in [6.45, 7) is 2.34. The normalized spacial score (nSPS) is 16.2. The highest BCUT2D eigenvalue weighted by Gasteiger charge is 2.26. The van der Waals surface area contributed by atoms with E-state index in [1.165, 1.54) is 12.1 Å². The smallest absolute Gasteiger partial charge is 0.236 e. The number of carbonyl (C=O) groups excluding carboxylic acids is 1. The van der Waals surface area contributed by atoms with E-state index in [9.17, 15) is 9.18 Å². The molecule has 32 heavy (non-hydrogen) atoms. The van der Waals surface area contributed by atoms with Gasteiger partial charge in [0.25, 0.3) is 0 Å². The Bertz CT molecular complexity index is 1010. The van der Waals surface area contributed by atoms with E-state index in [4.69, 9.17) is 4.74 Å². The molecule has 1 aromatic carbocycles. The zero-order chi connectivity index (χ0) is 22.3. The van der Waals surface area contributed by atoms with Crippen LogP contribution < -0.4 is 5.32 Å². The number of nitrogens with one attached hydrogen (secondary N) is 1. The van der Waals surface area contributed by atoms with Crippen LogP contribution in [0.25, 0.3) is 0 Å². The molecule has 8 heteroatoms. The third-order valence-corrected chi connectivity index (χ3v) is 5.24. The monoisotopic (exact) mass is 435 g/mol. The largest absolute Gasteiger partial charge is 0.368 e. The van der Waals surface area contributed by atoms with E-state index in [1.54, 1.807) is 24.5 Å². The molecule has 1 aliphatic heterocycles. The topological polar surface area (TPSA) is 70.6 Å². The summed E-state index contributed by atoms with van der Waals surface area (Å²) in [5, 5.41) is 3.20. The average Bonchev–Trinajstić information content (AvgIpc) is 2.82. The summed E-state index contributed by atoms with van der Waals surface area (Å²) in [6, 6.07) is 15.8. The number of carbonyl (C=O) groups is 1. The van der Waals surface area contributed by atoms with Crippen LogP contribution in [-0.4, -0.2) is 59.0 Å². The maximum atomic E-state index is 13.1. The molecule has 1 aliphatic rings. The zero-order valence-corrected chi connectivity index (χ0v) is 17.9. The lowest BCUT2D eigenvalue weighted by Gasteiger charge is -2.33. The van der Waals surface area contributed by atoms with Crippen LogP contribution in [0, 0.1) is 5.82 Å². The van der Waals surface area contributed by atoms with E-state index in [0.29, 0.717) is 26.2 Å². The molecule has 0 saturated carbocycles. The number of pyridine rings is 2. The third-order valence-electron chi connectivity index (χ3n) is 5.24. The molecule has 7 nitrogen and oxygen atoms in total. The molecule has 1 fully saturated rings. The van der Waals surface area contributed by atoms with Gasteiger partial charge in [-0.2, -0.15) is 0 Å². The van der Waals surface area contributed by atoms with Crippen molar-refractivity contribution in [2.24, 2.45) is 0 Å². The molecule has 0 bridgehead atoms. The van der Waals surface area contributed by atoms with Gasteiger partial charge < -0.3 is 15.0 Å². The van der Waals surface area contributed by atoms with Gasteiger partial charge in [-0.05, 0) is 49.0 Å². The highest BCUT2D eigenvalue weighted by Crippen LogP contribution is 2.23. The van der Waals surface area contributed by atoms with Gasteiger partial charge in [0.05, 0.1) is 37.3 Å². The predicted octanol–water partition coefficient (Wildman–Crippen LogP) is 3.39. The van der Waals surface area contributed by atoms with Gasteiger partial charge in [-0.25, -0.2) is 9.37 Å². The number of hydrogen-bond donors (Lipinski definition) is 1. The molecule has 1 unspecified atom stereocenters. The molecular formula is C24H26FN5O2. The number of aromatic nitrogens is 2. The van der Waals surface area contributed by atoms with Gasteiger partial charge in [-0.3, -0.25) is 14.7 Å². The van der Waals surface area contributed by atoms with Gasteiger partial charge in [-0.15, -0.1) is 0 Å². The third kappa shape index (κ3) is 5.87. The molecule has 1 N–H and O–H groups in total. The molecule has 1 atom stereocenters. The molecule has 166 valence electrons. The fourth-order valence-corrected chi connectivity index (χ4v) is 3.60. The number of nitrogens with zero attached hydrogens (tertiary/aromatic N) is 4. The summed E-state index contributed by atoms with van der Waals surface area (Å²) in [6.07, 6.45) is 3.20. The van der Waals surface area contributed by atoms with Crippen molar-refractivity contribution in [1.29, 1.82) is 0 Å². The van der Waals surface area contributed by atoms with Gasteiger partial charge in [0.15, 0.2) is 0 Å². The molecule has 2 aromatic heterocycles. The Kier molecular flexibility index (Phi) is 7.03. The molecule has 0 radical (unpaired) electrons. The van der Waals surface area contributed by atoms with Crippen molar-refractivity contribution in [3.63, 3.8) is 0 Å². The maximum Gasteiger partial charge on any atom is 0.236 e. The number of likely N-dealkylation sites (N-methyl/N-ethyl adjacent to an activating group) is 1. The number of morpholine rings is 1. The lowest BCUT2D eigenvalue weighted by atomic mass is 10.1. The van der Waals surface area contributed by atoms with Crippen LogP contribution in [-0.2, 0) is 16.1 Å². The van der Waals surface area contributed by atoms with Crippen LogP contribution in [0.3, 0.4) is 0 Å². The number of halogens is 1. The number of anilines is 2. The minimum atomic E-state index is -0.265. The Labute approximate surface area is 186 Å². The number of benzene rings is 1. The molecule has 1 saturated heterocycles. The quantitative estimate of drug-likeness (QED) is 0.614. The Morgan fingerprint density at radius 3 is 2.75 bits per heavy atom. The highest BCUT2D eigenvalue weighted by molar-refractivity contribution is 5.78. The number of rotatable bonds is 7. The van der Waals surface area contributed by atoms with Gasteiger partial charge >= 0.3 is 0 Å². The lowest BCUT2D eigenvalue weighted by Crippen LogP contribution is -2.46. The lowest BCUT2D eigenvalue weighted by molar-refractivity contribution is -0.140. The van der Waals surface area contributed by atoms with Gasteiger partial charge in [-0.1, -0.05) is 18.2 Å². The van der Waals surface area contributed by atoms with E-state index in [1.807, 2.05) is 47.2 Å². The van der Waals surface area contributed by atoms with E-state index in [-0.39, 0.29) is 24.4 Å². The van der Waals surface area contributed by atoms with Gasteiger partial charge in [0.1, 0.15) is 17.7 Å². The fourth-order valence-electron chi connectivity index (χ4n) is 3.60. The zero-order valence-electron chi connectivity index (χ0n) is 17.9. The van der Waals surface area contributed by atoms with Crippen molar-refractivity contribution in [2.45, 2.75) is 12.6 Å². The van der Waals surface area contributed by atoms with Crippen LogP contribution >= 0.6 is 0 Å². The van der Waals surface area contributed by atoms with E-state index >= 15 is 0 Å². The summed E-state index contributed by atoms with van der Waals surface area (Å²) in [4.78, 5) is 25.3. The van der Waals surface area contributed by atoms with Crippen molar-refractivity contribution in [1.82, 2.24) is 19.8 Å². The second-order valence-corrected chi connectivity index (χ2v) is 7.81. The number of ether oxygens (including phenoxy) is 1. The first kappa shape index (κ1) is 21.9. The van der Waals surface area contributed by atoms with Gasteiger partial charge in [0.2, 0.25) is 5.91 Å². The SMILES string of the molecule is CN(CC(=O)N1CCOC(c2ccc(Nc3ccccn3)cn2)C1)Cc1ccc(F)cc1. The average molecular weight is 436 g/mol. The summed E-state index contributed by atoms with van der Waals surface area (Å²) in [7, 11) is 1.88. The minimum Gasteiger partial charge on any atom is -0.368 e. The first-order valence-electron chi connectivity index (χ1n) is 10.5. The molecule has 4 rings (SSSR count). The molecular weight excluding hydrogens is 409 g/mol. The van der Waals surface area contributed by atoms with Crippen LogP contribution in [0.4, 0.5) is 15.9 Å². The molecule has 0 spiro atoms. The number of amides is 1. The number of hydrogen-bond acceptors (Lipinski definition) is 6. The summed E-state index contributed by atoms with van der Waals surface area (Å²) in [5.41, 5.74) is 2.58. The molecule has 1 amide bonds. The molecule has 3 aromatic rings. The van der Waals surface area contributed by atoms with E-state index in [0.717, 1.165) is 22.8 Å². The van der Waals surface area contributed by atoms with Crippen molar-refractivity contribution in [3.8, 4) is 0 Å². The Balaban J connectivity index is 1.31. The van der Waals surface area contributed by atoms with Crippen molar-refractivity contribution >= 4 is 17.4 Å². The Morgan fingerprint density at radius 1 is 1.19 bits per heavy atom. The van der Waals surface area contributed by atoms with Crippen LogP contribution in [0.15, 0.2) is 67.0 Å².